The highest BCUT2D eigenvalue weighted by Crippen LogP contribution is 2.26. The van der Waals surface area contributed by atoms with Gasteiger partial charge in [-0.3, -0.25) is 0 Å². The number of thiophene rings is 1. The van der Waals surface area contributed by atoms with E-state index in [0.717, 1.165) is 13.0 Å². The Balaban J connectivity index is 2.68. The number of hydrogen-bond donors (Lipinski definition) is 1. The summed E-state index contributed by atoms with van der Waals surface area (Å²) in [4.78, 5) is 0. The van der Waals surface area contributed by atoms with Crippen molar-refractivity contribution in [3.05, 3.63) is 33.5 Å². The van der Waals surface area contributed by atoms with Gasteiger partial charge in [0.1, 0.15) is 0 Å². The van der Waals surface area contributed by atoms with Crippen molar-refractivity contribution in [2.45, 2.75) is 19.4 Å². The molecule has 0 saturated heterocycles. The van der Waals surface area contributed by atoms with Crippen molar-refractivity contribution >= 4 is 27.3 Å². The first kappa shape index (κ1) is 11.0. The fourth-order valence-corrected chi connectivity index (χ4v) is 2.49. The first-order chi connectivity index (χ1) is 6.27. The van der Waals surface area contributed by atoms with Gasteiger partial charge in [-0.25, -0.2) is 0 Å². The number of nitrogens with one attached hydrogen (secondary N) is 1. The Morgan fingerprint density at radius 2 is 2.54 bits per heavy atom. The molecule has 0 aliphatic rings. The van der Waals surface area contributed by atoms with Crippen LogP contribution >= 0.6 is 27.3 Å². The predicted molar refractivity (Wildman–Crippen MR) is 63.3 cm³/mol. The summed E-state index contributed by atoms with van der Waals surface area (Å²) >= 11 is 5.19. The van der Waals surface area contributed by atoms with E-state index in [4.69, 9.17) is 0 Å². The molecule has 0 amide bonds. The van der Waals surface area contributed by atoms with Crippen LogP contribution in [0, 0.1) is 0 Å². The van der Waals surface area contributed by atoms with Gasteiger partial charge in [-0.2, -0.15) is 0 Å². The molecule has 0 aliphatic heterocycles. The van der Waals surface area contributed by atoms with Crippen LogP contribution in [0.4, 0.5) is 0 Å². The molecule has 0 aliphatic carbocycles. The summed E-state index contributed by atoms with van der Waals surface area (Å²) < 4.78 is 1.19. The van der Waals surface area contributed by atoms with Crippen LogP contribution in [0.15, 0.2) is 27.9 Å². The second-order valence-corrected chi connectivity index (χ2v) is 5.11. The first-order valence-corrected chi connectivity index (χ1v) is 6.03. The van der Waals surface area contributed by atoms with Crippen LogP contribution in [0.2, 0.25) is 0 Å². The molecule has 13 heavy (non-hydrogen) atoms. The van der Waals surface area contributed by atoms with Crippen LogP contribution in [0.5, 0.6) is 0 Å². The quantitative estimate of drug-likeness (QED) is 0.795. The second-order valence-electron chi connectivity index (χ2n) is 2.82. The Labute approximate surface area is 92.0 Å². The molecule has 1 aromatic heterocycles. The van der Waals surface area contributed by atoms with Crippen molar-refractivity contribution < 1.29 is 0 Å². The Kier molecular flexibility index (Phi) is 4.70. The molecule has 0 saturated carbocycles. The molecule has 72 valence electrons. The number of hydrogen-bond acceptors (Lipinski definition) is 2. The van der Waals surface area contributed by atoms with E-state index in [9.17, 15) is 0 Å². The lowest BCUT2D eigenvalue weighted by Gasteiger charge is -2.13. The summed E-state index contributed by atoms with van der Waals surface area (Å²) in [6.45, 7) is 6.88. The third kappa shape index (κ3) is 3.25. The first-order valence-electron chi connectivity index (χ1n) is 4.36. The summed E-state index contributed by atoms with van der Waals surface area (Å²) in [6.07, 6.45) is 2.94. The van der Waals surface area contributed by atoms with Gasteiger partial charge in [0.05, 0.1) is 3.79 Å². The molecule has 1 unspecified atom stereocenters. The average molecular weight is 260 g/mol. The minimum Gasteiger partial charge on any atom is -0.310 e. The second kappa shape index (κ2) is 5.58. The Bertz CT molecular complexity index is 270. The van der Waals surface area contributed by atoms with Gasteiger partial charge in [0.15, 0.2) is 0 Å². The van der Waals surface area contributed by atoms with E-state index in [-0.39, 0.29) is 0 Å². The van der Waals surface area contributed by atoms with Gasteiger partial charge in [0, 0.05) is 6.04 Å². The van der Waals surface area contributed by atoms with E-state index >= 15 is 0 Å². The molecule has 1 heterocycles. The number of rotatable bonds is 5. The van der Waals surface area contributed by atoms with Crippen LogP contribution in [0.25, 0.3) is 0 Å². The minimum absolute atomic E-state index is 0.421. The van der Waals surface area contributed by atoms with Gasteiger partial charge in [0.2, 0.25) is 0 Å². The van der Waals surface area contributed by atoms with E-state index in [1.807, 2.05) is 6.08 Å². The van der Waals surface area contributed by atoms with Gasteiger partial charge < -0.3 is 5.32 Å². The van der Waals surface area contributed by atoms with Crippen LogP contribution < -0.4 is 5.32 Å². The van der Waals surface area contributed by atoms with Crippen LogP contribution in [0.3, 0.4) is 0 Å². The Morgan fingerprint density at radius 3 is 3.00 bits per heavy atom. The molecule has 0 radical (unpaired) electrons. The molecular formula is C10H14BrNS. The van der Waals surface area contributed by atoms with E-state index < -0.39 is 0 Å². The molecule has 0 aromatic carbocycles. The zero-order chi connectivity index (χ0) is 9.68. The Hall–Kier alpha value is -0.120. The molecule has 0 fully saturated rings. The molecule has 3 heteroatoms. The molecule has 0 bridgehead atoms. The molecule has 1 atom stereocenters. The lowest BCUT2D eigenvalue weighted by molar-refractivity contribution is 0.560. The lowest BCUT2D eigenvalue weighted by atomic mass is 10.1. The van der Waals surface area contributed by atoms with Crippen molar-refractivity contribution in [3.8, 4) is 0 Å². The molecular weight excluding hydrogens is 246 g/mol. The maximum atomic E-state index is 3.77. The highest BCUT2D eigenvalue weighted by atomic mass is 79.9. The van der Waals surface area contributed by atoms with Gasteiger partial charge >= 0.3 is 0 Å². The lowest BCUT2D eigenvalue weighted by Crippen LogP contribution is -2.19. The summed E-state index contributed by atoms with van der Waals surface area (Å²) in [5, 5.41) is 5.61. The SMILES string of the molecule is C=CCC(NCC)c1csc(Br)c1. The van der Waals surface area contributed by atoms with Crippen LogP contribution in [0.1, 0.15) is 24.9 Å². The predicted octanol–water partition coefficient (Wildman–Crippen LogP) is 3.74. The summed E-state index contributed by atoms with van der Waals surface area (Å²) in [7, 11) is 0. The van der Waals surface area contributed by atoms with Gasteiger partial charge in [0.25, 0.3) is 0 Å². The maximum Gasteiger partial charge on any atom is 0.0701 e. The van der Waals surface area contributed by atoms with Gasteiger partial charge in [-0.1, -0.05) is 13.0 Å². The van der Waals surface area contributed by atoms with Crippen molar-refractivity contribution in [3.63, 3.8) is 0 Å². The Morgan fingerprint density at radius 1 is 1.77 bits per heavy atom. The van der Waals surface area contributed by atoms with Crippen molar-refractivity contribution in [2.24, 2.45) is 0 Å². The van der Waals surface area contributed by atoms with Gasteiger partial charge in [-0.05, 0) is 45.9 Å². The maximum absolute atomic E-state index is 3.77. The average Bonchev–Trinajstić information content (AvgIpc) is 2.51. The molecule has 1 N–H and O–H groups in total. The zero-order valence-electron chi connectivity index (χ0n) is 7.72. The summed E-state index contributed by atoms with van der Waals surface area (Å²) in [5.41, 5.74) is 1.35. The fraction of sp³-hybridized carbons (Fsp3) is 0.400. The molecule has 1 aromatic rings. The third-order valence-corrected chi connectivity index (χ3v) is 3.37. The highest BCUT2D eigenvalue weighted by molar-refractivity contribution is 9.11. The standard InChI is InChI=1S/C10H14BrNS/c1-3-5-9(12-4-2)8-6-10(11)13-7-8/h3,6-7,9,12H,1,4-5H2,2H3. The zero-order valence-corrected chi connectivity index (χ0v) is 10.1. The number of halogens is 1. The van der Waals surface area contributed by atoms with Gasteiger partial charge in [-0.15, -0.1) is 17.9 Å². The monoisotopic (exact) mass is 259 g/mol. The highest BCUT2D eigenvalue weighted by Gasteiger charge is 2.09. The van der Waals surface area contributed by atoms with E-state index in [2.05, 4.69) is 46.2 Å². The molecule has 1 rings (SSSR count). The summed E-state index contributed by atoms with van der Waals surface area (Å²) in [6, 6.07) is 2.59. The van der Waals surface area contributed by atoms with Crippen LogP contribution in [-0.4, -0.2) is 6.54 Å². The fourth-order valence-electron chi connectivity index (χ4n) is 1.26. The summed E-state index contributed by atoms with van der Waals surface area (Å²) in [5.74, 6) is 0. The smallest absolute Gasteiger partial charge is 0.0701 e. The molecule has 0 spiro atoms. The van der Waals surface area contributed by atoms with Crippen molar-refractivity contribution in [1.29, 1.82) is 0 Å². The van der Waals surface area contributed by atoms with Crippen LogP contribution in [-0.2, 0) is 0 Å². The minimum atomic E-state index is 0.421. The van der Waals surface area contributed by atoms with Crippen molar-refractivity contribution in [1.82, 2.24) is 5.32 Å². The topological polar surface area (TPSA) is 12.0 Å². The van der Waals surface area contributed by atoms with E-state index in [1.54, 1.807) is 11.3 Å². The van der Waals surface area contributed by atoms with Crippen molar-refractivity contribution in [2.75, 3.05) is 6.54 Å². The van der Waals surface area contributed by atoms with E-state index in [0.29, 0.717) is 6.04 Å². The third-order valence-electron chi connectivity index (χ3n) is 1.84. The van der Waals surface area contributed by atoms with E-state index in [1.165, 1.54) is 9.35 Å². The largest absolute Gasteiger partial charge is 0.310 e. The molecule has 1 nitrogen and oxygen atoms in total. The normalized spacial score (nSPS) is 12.8.